The van der Waals surface area contributed by atoms with Crippen LogP contribution in [0, 0.1) is 0 Å². The Kier molecular flexibility index (Phi) is 5.73. The first-order chi connectivity index (χ1) is 15.3. The number of allylic oxidation sites excluding steroid dienone is 1. The molecule has 0 bridgehead atoms. The summed E-state index contributed by atoms with van der Waals surface area (Å²) in [6.45, 7) is 4.88. The Labute approximate surface area is 188 Å². The molecule has 1 atom stereocenters. The van der Waals surface area contributed by atoms with Crippen LogP contribution in [0.2, 0.25) is 0 Å². The fourth-order valence-electron chi connectivity index (χ4n) is 3.32. The van der Waals surface area contributed by atoms with Crippen LogP contribution in [0.4, 0.5) is 0 Å². The lowest BCUT2D eigenvalue weighted by molar-refractivity contribution is 0.0821. The summed E-state index contributed by atoms with van der Waals surface area (Å²) in [6.07, 6.45) is 3.46. The van der Waals surface area contributed by atoms with Crippen LogP contribution in [-0.2, 0) is 12.3 Å². The normalized spacial score (nSPS) is 15.0. The maximum absolute atomic E-state index is 6.13. The summed E-state index contributed by atoms with van der Waals surface area (Å²) in [4.78, 5) is 5.75. The third kappa shape index (κ3) is 4.22. The molecule has 0 saturated carbocycles. The molecule has 1 aliphatic heterocycles. The van der Waals surface area contributed by atoms with Gasteiger partial charge in [0.05, 0.1) is 0 Å². The largest absolute Gasteiger partial charge is 0.485 e. The fraction of sp³-hybridized carbons (Fsp3) is 0.174. The summed E-state index contributed by atoms with van der Waals surface area (Å²) < 4.78 is 14.0. The molecule has 8 heteroatoms. The number of para-hydroxylation sites is 2. The molecule has 31 heavy (non-hydrogen) atoms. The van der Waals surface area contributed by atoms with Gasteiger partial charge >= 0.3 is 0 Å². The molecule has 1 aliphatic rings. The Morgan fingerprint density at radius 2 is 1.90 bits per heavy atom. The highest BCUT2D eigenvalue weighted by atomic mass is 32.2. The lowest BCUT2D eigenvalue weighted by Crippen LogP contribution is -2.25. The number of thiazole rings is 1. The monoisotopic (exact) mass is 448 g/mol. The van der Waals surface area contributed by atoms with E-state index in [1.807, 2.05) is 59.3 Å². The van der Waals surface area contributed by atoms with Gasteiger partial charge in [-0.2, -0.15) is 0 Å². The molecule has 3 heterocycles. The van der Waals surface area contributed by atoms with E-state index in [4.69, 9.17) is 9.47 Å². The molecule has 0 amide bonds. The van der Waals surface area contributed by atoms with Crippen molar-refractivity contribution in [3.05, 3.63) is 84.2 Å². The number of thioether (sulfide) groups is 1. The molecule has 6 nitrogen and oxygen atoms in total. The zero-order valence-corrected chi connectivity index (χ0v) is 18.3. The number of ether oxygens (including phenoxy) is 2. The maximum Gasteiger partial charge on any atom is 0.192 e. The van der Waals surface area contributed by atoms with E-state index in [0.717, 1.165) is 38.8 Å². The lowest BCUT2D eigenvalue weighted by atomic mass is 10.2. The van der Waals surface area contributed by atoms with Crippen LogP contribution in [0.5, 0.6) is 11.5 Å². The Hall–Kier alpha value is -3.10. The molecule has 5 rings (SSSR count). The lowest BCUT2D eigenvalue weighted by Gasteiger charge is -2.26. The first-order valence-corrected chi connectivity index (χ1v) is 11.7. The van der Waals surface area contributed by atoms with Gasteiger partial charge in [0, 0.05) is 28.9 Å². The average Bonchev–Trinajstić information content (AvgIpc) is 3.45. The standard InChI is InChI=1S/C23H20N4O2S2/c1-2-12-27-21(20-14-28-18-10-6-7-11-19(18)29-20)25-26-23(27)30-15-17-13-24-22(31-17)16-8-4-3-5-9-16/h2-11,13,20H,1,12,14-15H2/t20-/m0/s1. The average molecular weight is 449 g/mol. The van der Waals surface area contributed by atoms with E-state index in [9.17, 15) is 0 Å². The van der Waals surface area contributed by atoms with Gasteiger partial charge in [-0.1, -0.05) is 60.3 Å². The van der Waals surface area contributed by atoms with Crippen LogP contribution >= 0.6 is 23.1 Å². The van der Waals surface area contributed by atoms with Gasteiger partial charge in [0.1, 0.15) is 11.6 Å². The zero-order valence-electron chi connectivity index (χ0n) is 16.7. The van der Waals surface area contributed by atoms with Gasteiger partial charge < -0.3 is 9.47 Å². The second kappa shape index (κ2) is 8.95. The molecule has 4 aromatic rings. The summed E-state index contributed by atoms with van der Waals surface area (Å²) in [7, 11) is 0. The van der Waals surface area contributed by atoms with Crippen LogP contribution in [-0.4, -0.2) is 26.4 Å². The third-order valence-corrected chi connectivity index (χ3v) is 7.02. The van der Waals surface area contributed by atoms with Gasteiger partial charge in [-0.15, -0.1) is 28.1 Å². The number of nitrogens with zero attached hydrogens (tertiary/aromatic N) is 4. The van der Waals surface area contributed by atoms with Crippen molar-refractivity contribution in [2.45, 2.75) is 23.6 Å². The maximum atomic E-state index is 6.13. The van der Waals surface area contributed by atoms with Crippen LogP contribution in [0.25, 0.3) is 10.6 Å². The zero-order chi connectivity index (χ0) is 21.0. The summed E-state index contributed by atoms with van der Waals surface area (Å²) in [5.41, 5.74) is 1.13. The van der Waals surface area contributed by atoms with Crippen LogP contribution < -0.4 is 9.47 Å². The summed E-state index contributed by atoms with van der Waals surface area (Å²) in [5, 5.41) is 10.7. The van der Waals surface area contributed by atoms with Crippen LogP contribution in [0.1, 0.15) is 16.8 Å². The van der Waals surface area contributed by atoms with Gasteiger partial charge in [0.25, 0.3) is 0 Å². The fourth-order valence-corrected chi connectivity index (χ4v) is 5.21. The van der Waals surface area contributed by atoms with E-state index in [1.165, 1.54) is 4.88 Å². The molecule has 0 N–H and O–H groups in total. The van der Waals surface area contributed by atoms with E-state index in [2.05, 4.69) is 33.9 Å². The molecule has 156 valence electrons. The predicted molar refractivity (Wildman–Crippen MR) is 123 cm³/mol. The summed E-state index contributed by atoms with van der Waals surface area (Å²) >= 11 is 3.33. The highest BCUT2D eigenvalue weighted by molar-refractivity contribution is 7.98. The summed E-state index contributed by atoms with van der Waals surface area (Å²) in [6, 6.07) is 17.9. The van der Waals surface area contributed by atoms with Gasteiger partial charge in [-0.3, -0.25) is 4.57 Å². The van der Waals surface area contributed by atoms with Crippen molar-refractivity contribution in [2.24, 2.45) is 0 Å². The molecule has 2 aromatic heterocycles. The van der Waals surface area contributed by atoms with Gasteiger partial charge in [0.2, 0.25) is 0 Å². The molecule has 0 saturated heterocycles. The Morgan fingerprint density at radius 1 is 1.10 bits per heavy atom. The molecule has 0 fully saturated rings. The van der Waals surface area contributed by atoms with Crippen LogP contribution in [0.3, 0.4) is 0 Å². The number of aromatic nitrogens is 4. The van der Waals surface area contributed by atoms with Crippen molar-refractivity contribution in [1.82, 2.24) is 19.7 Å². The molecule has 2 aromatic carbocycles. The van der Waals surface area contributed by atoms with Crippen molar-refractivity contribution in [2.75, 3.05) is 6.61 Å². The Bertz CT molecular complexity index is 1190. The van der Waals surface area contributed by atoms with Gasteiger partial charge in [0.15, 0.2) is 28.6 Å². The number of hydrogen-bond donors (Lipinski definition) is 0. The molecule has 0 aliphatic carbocycles. The minimum Gasteiger partial charge on any atom is -0.485 e. The predicted octanol–water partition coefficient (Wildman–Crippen LogP) is 5.39. The number of rotatable bonds is 7. The smallest absolute Gasteiger partial charge is 0.192 e. The van der Waals surface area contributed by atoms with E-state index < -0.39 is 0 Å². The topological polar surface area (TPSA) is 62.1 Å². The van der Waals surface area contributed by atoms with Crippen LogP contribution in [0.15, 0.2) is 78.6 Å². The highest BCUT2D eigenvalue weighted by Gasteiger charge is 2.28. The van der Waals surface area contributed by atoms with Crippen molar-refractivity contribution < 1.29 is 9.47 Å². The van der Waals surface area contributed by atoms with E-state index >= 15 is 0 Å². The first-order valence-electron chi connectivity index (χ1n) is 9.87. The second-order valence-corrected chi connectivity index (χ2v) is 8.95. The molecule has 0 unspecified atom stereocenters. The molecular formula is C23H20N4O2S2. The van der Waals surface area contributed by atoms with Gasteiger partial charge in [-0.05, 0) is 12.1 Å². The SMILES string of the molecule is C=CCn1c(SCc2cnc(-c3ccccc3)s2)nnc1[C@@H]1COc2ccccc2O1. The number of hydrogen-bond acceptors (Lipinski definition) is 7. The Balaban J connectivity index is 1.32. The molecule has 0 radical (unpaired) electrons. The molecule has 0 spiro atoms. The van der Waals surface area contributed by atoms with Crippen molar-refractivity contribution in [3.63, 3.8) is 0 Å². The van der Waals surface area contributed by atoms with E-state index in [-0.39, 0.29) is 6.10 Å². The van der Waals surface area contributed by atoms with Crippen molar-refractivity contribution in [1.29, 1.82) is 0 Å². The Morgan fingerprint density at radius 3 is 2.74 bits per heavy atom. The third-order valence-electron chi connectivity index (χ3n) is 4.77. The highest BCUT2D eigenvalue weighted by Crippen LogP contribution is 2.36. The number of fused-ring (bicyclic) bond motifs is 1. The first kappa shape index (κ1) is 19.8. The molecular weight excluding hydrogens is 428 g/mol. The van der Waals surface area contributed by atoms with E-state index in [1.54, 1.807) is 23.1 Å². The summed E-state index contributed by atoms with van der Waals surface area (Å²) in [5.74, 6) is 2.98. The number of benzene rings is 2. The van der Waals surface area contributed by atoms with E-state index in [0.29, 0.717) is 13.2 Å². The second-order valence-electron chi connectivity index (χ2n) is 6.89. The minimum atomic E-state index is -0.315. The quantitative estimate of drug-likeness (QED) is 0.279. The minimum absolute atomic E-state index is 0.315. The van der Waals surface area contributed by atoms with Crippen molar-refractivity contribution >= 4 is 23.1 Å². The van der Waals surface area contributed by atoms with Gasteiger partial charge in [-0.25, -0.2) is 4.98 Å². The van der Waals surface area contributed by atoms with Crippen molar-refractivity contribution in [3.8, 4) is 22.1 Å².